The second-order valence-corrected chi connectivity index (χ2v) is 31.9. The highest BCUT2D eigenvalue weighted by molar-refractivity contribution is 8.07. The molecule has 0 spiro atoms. The van der Waals surface area contributed by atoms with Crippen LogP contribution >= 0.6 is 21.7 Å². The van der Waals surface area contributed by atoms with E-state index >= 15 is 17.6 Å². The van der Waals surface area contributed by atoms with E-state index in [0.29, 0.717) is 39.2 Å². The lowest BCUT2D eigenvalue weighted by molar-refractivity contribution is -0.0486. The molecule has 4 fully saturated rings. The fourth-order valence-corrected chi connectivity index (χ4v) is 17.6. The van der Waals surface area contributed by atoms with Crippen molar-refractivity contribution in [3.8, 4) is 12.1 Å². The number of carbonyl (C=O) groups excluding carboxylic acids is 2. The van der Waals surface area contributed by atoms with E-state index in [4.69, 9.17) is 79.5 Å². The molecule has 36 nitrogen and oxygen atoms in total. The summed E-state index contributed by atoms with van der Waals surface area (Å²) in [6.07, 6.45) is -12.8. The fourth-order valence-electron chi connectivity index (χ4n) is 12.9. The number of nitrogens with zero attached hydrogens (tertiary/aromatic N) is 20. The molecule has 8 aromatic heterocycles. The minimum absolute atomic E-state index is 0.0817. The third kappa shape index (κ3) is 16.5. The maximum absolute atomic E-state index is 16.7. The molecule has 0 aliphatic carbocycles. The van der Waals surface area contributed by atoms with Crippen molar-refractivity contribution in [2.45, 2.75) is 152 Å². The van der Waals surface area contributed by atoms with Gasteiger partial charge < -0.3 is 42.1 Å². The maximum Gasteiger partial charge on any atom is 0.695 e. The molecule has 12 heterocycles. The molecule has 19 atom stereocenters. The van der Waals surface area contributed by atoms with Crippen molar-refractivity contribution in [2.75, 3.05) is 50.3 Å². The standard InChI is InChI=1S/C33H34F2N10O9P2S.C33H35F2N10O7PS/c1-4-20-27(23(35)33(51-20)45-17-42-25-28(38-15-40-30(25)45)43(3)31(46)19-9-6-5-7-10-19)54-56(57,49-12-8-11-36)50-13-21-26(53-55(47)48)22(34)32(52-21)44-16-41-24-18(2)37-14-39-29(24)44;1-4-20-27(23(35)33(50-20)45-17-42-25-28(38-15-40-30(25)45)43(3)31(47)19-9-6-5-7-10-19)52-53(54,48-12-8-11-36)49-13-21-26(46)22(34)32(51-21)44-16-41-24-18(2)37-14-39-29(24)44/h5-7,9-10,14-17,20-23,26-27,32-33H,4,8,12-13H2,1-3H3;5-7,9-10,14-17,20-23,26-27,32-33,46H,4,8,12-13H2,1-3H3/p+1/t20-,21-,22-,23-,26-,27-,32-,33-,56?;20-,21-,22-,23-,26-,27-,32-,33-,53?/m11/s1. The first-order chi connectivity index (χ1) is 53.5. The number of halogens is 4. The van der Waals surface area contributed by atoms with Gasteiger partial charge in [0.15, 0.2) is 101 Å². The maximum atomic E-state index is 16.7. The Morgan fingerprint density at radius 3 is 1.27 bits per heavy atom. The molecule has 2 amide bonds. The number of aliphatic hydroxyl groups excluding tert-OH is 1. The van der Waals surface area contributed by atoms with Crippen molar-refractivity contribution in [3.63, 3.8) is 0 Å². The van der Waals surface area contributed by atoms with Gasteiger partial charge in [0.1, 0.15) is 66.9 Å². The average molecular weight is 1630 g/mol. The number of hydrogen-bond acceptors (Lipinski definition) is 31. The van der Waals surface area contributed by atoms with Crippen LogP contribution in [0.5, 0.6) is 0 Å². The number of alkyl halides is 4. The SMILES string of the molecule is CC[C@H]1O[C@@H](n2cnc3c(N(C)C(=O)c4ccccc4)ncnc32)[C@H](F)[C@@H]1OP(=S)(OCCC#N)OC[C@H]1O[C@@H](n2cnc3c(C)ncnc32)[C@H](F)[C@@H]1O.CC[C@H]1O[C@@H](n2cnc3c(N(C)C(=O)c4ccccc4)ncnc32)[C@H](F)[C@@H]1OP(=S)(OCCC#N)OC[C@H]1O[C@@H](n2cnc3c(C)ncnc32)[C@H](F)[C@@H]1O[P+](=O)O. The quantitative estimate of drug-likeness (QED) is 0.0263. The number of nitriles is 2. The van der Waals surface area contributed by atoms with Crippen LogP contribution in [0.3, 0.4) is 0 Å². The Morgan fingerprint density at radius 2 is 0.874 bits per heavy atom. The van der Waals surface area contributed by atoms with Crippen LogP contribution in [0, 0.1) is 36.5 Å². The van der Waals surface area contributed by atoms with Crippen LogP contribution in [-0.4, -0.2) is 214 Å². The van der Waals surface area contributed by atoms with Gasteiger partial charge in [-0.3, -0.25) is 46.7 Å². The number of aliphatic hydroxyl groups is 1. The van der Waals surface area contributed by atoms with Gasteiger partial charge in [-0.2, -0.15) is 10.5 Å². The molecule has 4 aliphatic rings. The number of aryl methyl sites for hydroxylation is 2. The first kappa shape index (κ1) is 80.2. The summed E-state index contributed by atoms with van der Waals surface area (Å²) in [7, 11) is -0.219. The Morgan fingerprint density at radius 1 is 0.523 bits per heavy atom. The van der Waals surface area contributed by atoms with Crippen molar-refractivity contribution < 1.29 is 92.3 Å². The predicted octanol–water partition coefficient (Wildman–Crippen LogP) is 8.77. The number of imidazole rings is 4. The Kier molecular flexibility index (Phi) is 25.0. The number of carbonyl (C=O) groups is 2. The monoisotopic (exact) mass is 1630 g/mol. The highest BCUT2D eigenvalue weighted by atomic mass is 32.5. The number of rotatable bonds is 28. The average Bonchev–Trinajstić information content (AvgIpc) is 1.61. The molecular weight excluding hydrogens is 1560 g/mol. The summed E-state index contributed by atoms with van der Waals surface area (Å²) in [5.74, 6) is -0.300. The molecule has 0 saturated carbocycles. The summed E-state index contributed by atoms with van der Waals surface area (Å²) in [6, 6.07) is 21.1. The van der Waals surface area contributed by atoms with Gasteiger partial charge in [-0.05, 0) is 74.6 Å². The van der Waals surface area contributed by atoms with Crippen molar-refractivity contribution >= 4 is 113 Å². The van der Waals surface area contributed by atoms with E-state index in [1.165, 1.54) is 85.7 Å². The first-order valence-corrected chi connectivity index (χ1v) is 40.6. The number of ether oxygens (including phenoxy) is 4. The zero-order valence-electron chi connectivity index (χ0n) is 59.5. The number of fused-ring (bicyclic) bond motifs is 4. The van der Waals surface area contributed by atoms with Gasteiger partial charge in [-0.15, -0.1) is 9.42 Å². The lowest BCUT2D eigenvalue weighted by Gasteiger charge is -2.28. The minimum Gasteiger partial charge on any atom is -0.387 e. The molecule has 584 valence electrons. The number of hydrogen-bond donors (Lipinski definition) is 2. The highest BCUT2D eigenvalue weighted by Gasteiger charge is 2.55. The lowest BCUT2D eigenvalue weighted by Crippen LogP contribution is -2.34. The summed E-state index contributed by atoms with van der Waals surface area (Å²) >= 11 is 11.4. The van der Waals surface area contributed by atoms with Gasteiger partial charge >= 0.3 is 21.7 Å². The molecule has 4 aliphatic heterocycles. The van der Waals surface area contributed by atoms with Crippen LogP contribution in [0.2, 0.25) is 0 Å². The van der Waals surface area contributed by atoms with Gasteiger partial charge in [0.2, 0.25) is 0 Å². The number of benzene rings is 2. The molecule has 0 bridgehead atoms. The predicted molar refractivity (Wildman–Crippen MR) is 388 cm³/mol. The van der Waals surface area contributed by atoms with Gasteiger partial charge in [-0.1, -0.05) is 50.2 Å². The number of anilines is 2. The molecule has 2 aromatic carbocycles. The van der Waals surface area contributed by atoms with Crippen LogP contribution in [0.15, 0.2) is 111 Å². The zero-order chi connectivity index (χ0) is 78.6. The van der Waals surface area contributed by atoms with Gasteiger partial charge in [-0.25, -0.2) is 77.4 Å². The molecule has 4 saturated heterocycles. The summed E-state index contributed by atoms with van der Waals surface area (Å²) in [5.41, 5.74) is 4.17. The second kappa shape index (κ2) is 34.6. The molecule has 2 N–H and O–H groups in total. The number of amides is 2. The second-order valence-electron chi connectivity index (χ2n) is 25.3. The molecule has 3 unspecified atom stereocenters. The van der Waals surface area contributed by atoms with E-state index in [0.717, 1.165) is 0 Å². The molecule has 0 radical (unpaired) electrons. The normalized spacial score (nSPS) is 26.3. The molecule has 45 heteroatoms. The molecule has 10 aromatic rings. The van der Waals surface area contributed by atoms with E-state index in [2.05, 4.69) is 59.8 Å². The van der Waals surface area contributed by atoms with Crippen LogP contribution in [0.4, 0.5) is 29.2 Å². The topological polar surface area (TPSA) is 422 Å². The largest absolute Gasteiger partial charge is 0.695 e. The Hall–Kier alpha value is -8.84. The summed E-state index contributed by atoms with van der Waals surface area (Å²) in [5, 5.41) is 29.2. The minimum atomic E-state index is -4.02. The summed E-state index contributed by atoms with van der Waals surface area (Å²) in [6.45, 7) is -2.55. The van der Waals surface area contributed by atoms with E-state index < -0.39 is 133 Å². The Balaban J connectivity index is 0.000000195. The Bertz CT molecular complexity index is 5220. The van der Waals surface area contributed by atoms with Crippen LogP contribution < -0.4 is 9.80 Å². The molecule has 14 rings (SSSR count). The zero-order valence-corrected chi connectivity index (χ0v) is 63.8. The molecular formula is C66H70F4N20O16P3S2+. The van der Waals surface area contributed by atoms with Crippen molar-refractivity contribution in [3.05, 3.63) is 134 Å². The van der Waals surface area contributed by atoms with Crippen LogP contribution in [-0.2, 0) is 78.8 Å². The lowest BCUT2D eigenvalue weighted by atomic mass is 10.1. The van der Waals surface area contributed by atoms with Crippen molar-refractivity contribution in [2.24, 2.45) is 0 Å². The van der Waals surface area contributed by atoms with E-state index in [1.807, 2.05) is 12.1 Å². The smallest absolute Gasteiger partial charge is 0.387 e. The summed E-state index contributed by atoms with van der Waals surface area (Å²) < 4.78 is 147. The third-order valence-corrected chi connectivity index (χ3v) is 23.6. The molecule has 111 heavy (non-hydrogen) atoms. The highest BCUT2D eigenvalue weighted by Crippen LogP contribution is 2.57. The van der Waals surface area contributed by atoms with E-state index in [1.54, 1.807) is 95.4 Å². The summed E-state index contributed by atoms with van der Waals surface area (Å²) in [4.78, 5) is 89.7. The van der Waals surface area contributed by atoms with Gasteiger partial charge in [0.05, 0.1) is 100 Å². The third-order valence-electron chi connectivity index (χ3n) is 18.5. The van der Waals surface area contributed by atoms with Crippen LogP contribution in [0.25, 0.3) is 44.7 Å². The van der Waals surface area contributed by atoms with Gasteiger partial charge in [0.25, 0.3) is 11.8 Å². The van der Waals surface area contributed by atoms with Crippen molar-refractivity contribution in [1.82, 2.24) is 78.1 Å². The Labute approximate surface area is 639 Å². The van der Waals surface area contributed by atoms with Gasteiger partial charge in [0, 0.05) is 29.8 Å². The van der Waals surface area contributed by atoms with Crippen molar-refractivity contribution in [1.29, 1.82) is 10.5 Å². The fraction of sp³-hybridized carbons (Fsp3) is 0.455. The van der Waals surface area contributed by atoms with Crippen LogP contribution in [0.1, 0.15) is 96.5 Å². The van der Waals surface area contributed by atoms with E-state index in [-0.39, 0.29) is 90.3 Å². The van der Waals surface area contributed by atoms with E-state index in [9.17, 15) is 29.4 Å². The number of aromatic nitrogens is 16. The first-order valence-electron chi connectivity index (χ1n) is 34.4.